The molecule has 0 aliphatic carbocycles. The van der Waals surface area contributed by atoms with Crippen molar-refractivity contribution in [2.45, 2.75) is 13.5 Å². The molecule has 0 aliphatic rings. The molecule has 1 aromatic heterocycles. The number of aromatic nitrogens is 3. The molecule has 1 heterocycles. The predicted molar refractivity (Wildman–Crippen MR) is 93.7 cm³/mol. The Labute approximate surface area is 153 Å². The van der Waals surface area contributed by atoms with Crippen molar-refractivity contribution in [1.82, 2.24) is 20.3 Å². The Balaban J connectivity index is 1.74. The van der Waals surface area contributed by atoms with Gasteiger partial charge in [0.25, 0.3) is 5.91 Å². The highest BCUT2D eigenvalue weighted by molar-refractivity contribution is 6.31. The van der Waals surface area contributed by atoms with Crippen LogP contribution in [0.2, 0.25) is 10.0 Å². The second kappa shape index (κ2) is 7.21. The Morgan fingerprint density at radius 1 is 1.20 bits per heavy atom. The number of nitrogens with zero attached hydrogens (tertiary/aromatic N) is 3. The van der Waals surface area contributed by atoms with Crippen molar-refractivity contribution in [3.63, 3.8) is 0 Å². The first-order chi connectivity index (χ1) is 12.0. The van der Waals surface area contributed by atoms with Crippen molar-refractivity contribution in [3.05, 3.63) is 75.3 Å². The third kappa shape index (κ3) is 3.81. The molecule has 5 nitrogen and oxygen atoms in total. The van der Waals surface area contributed by atoms with E-state index in [0.717, 1.165) is 5.69 Å². The normalized spacial score (nSPS) is 10.7. The first-order valence-electron chi connectivity index (χ1n) is 7.36. The summed E-state index contributed by atoms with van der Waals surface area (Å²) in [5, 5.41) is 11.3. The summed E-state index contributed by atoms with van der Waals surface area (Å²) in [6, 6.07) is 11.3. The zero-order valence-electron chi connectivity index (χ0n) is 13.1. The van der Waals surface area contributed by atoms with Crippen LogP contribution in [0.25, 0.3) is 5.69 Å². The second-order valence-electron chi connectivity index (χ2n) is 5.34. The molecule has 3 rings (SSSR count). The molecule has 0 aliphatic heterocycles. The standard InChI is InChI=1S/C17H13Cl2FN4O/c1-10-16(22-23-24(10)13-5-3-12(18)4-6-13)17(25)21-9-11-2-7-15(20)14(19)8-11/h2-8H,9H2,1H3,(H,21,25). The van der Waals surface area contributed by atoms with E-state index in [2.05, 4.69) is 15.6 Å². The van der Waals surface area contributed by atoms with Gasteiger partial charge in [-0.25, -0.2) is 9.07 Å². The summed E-state index contributed by atoms with van der Waals surface area (Å²) in [6.45, 7) is 1.95. The molecule has 2 aromatic carbocycles. The molecule has 0 unspecified atom stereocenters. The van der Waals surface area contributed by atoms with Crippen molar-refractivity contribution in [2.75, 3.05) is 0 Å². The molecule has 0 saturated carbocycles. The summed E-state index contributed by atoms with van der Waals surface area (Å²) >= 11 is 11.6. The van der Waals surface area contributed by atoms with Crippen LogP contribution in [-0.4, -0.2) is 20.9 Å². The van der Waals surface area contributed by atoms with Gasteiger partial charge in [-0.2, -0.15) is 0 Å². The fourth-order valence-electron chi connectivity index (χ4n) is 2.28. The van der Waals surface area contributed by atoms with Gasteiger partial charge in [-0.3, -0.25) is 4.79 Å². The molecule has 1 amide bonds. The van der Waals surface area contributed by atoms with E-state index in [9.17, 15) is 9.18 Å². The third-order valence-electron chi connectivity index (χ3n) is 3.62. The first kappa shape index (κ1) is 17.4. The molecule has 8 heteroatoms. The molecule has 0 atom stereocenters. The van der Waals surface area contributed by atoms with E-state index in [1.54, 1.807) is 41.9 Å². The molecule has 0 saturated heterocycles. The second-order valence-corrected chi connectivity index (χ2v) is 6.19. The number of hydrogen-bond acceptors (Lipinski definition) is 3. The lowest BCUT2D eigenvalue weighted by Crippen LogP contribution is -2.24. The van der Waals surface area contributed by atoms with Crippen LogP contribution in [0.3, 0.4) is 0 Å². The van der Waals surface area contributed by atoms with E-state index in [1.807, 2.05) is 0 Å². The van der Waals surface area contributed by atoms with E-state index < -0.39 is 5.82 Å². The number of rotatable bonds is 4. The van der Waals surface area contributed by atoms with Crippen LogP contribution in [0.15, 0.2) is 42.5 Å². The topological polar surface area (TPSA) is 59.8 Å². The lowest BCUT2D eigenvalue weighted by atomic mass is 10.2. The smallest absolute Gasteiger partial charge is 0.274 e. The quantitative estimate of drug-likeness (QED) is 0.747. The van der Waals surface area contributed by atoms with Crippen molar-refractivity contribution >= 4 is 29.1 Å². The Hall–Kier alpha value is -2.44. The van der Waals surface area contributed by atoms with E-state index in [-0.39, 0.29) is 23.2 Å². The summed E-state index contributed by atoms with van der Waals surface area (Å²) in [6.07, 6.45) is 0. The summed E-state index contributed by atoms with van der Waals surface area (Å²) < 4.78 is 14.7. The summed E-state index contributed by atoms with van der Waals surface area (Å²) in [5.41, 5.74) is 2.24. The third-order valence-corrected chi connectivity index (χ3v) is 4.16. The van der Waals surface area contributed by atoms with Gasteiger partial charge >= 0.3 is 0 Å². The van der Waals surface area contributed by atoms with Crippen LogP contribution < -0.4 is 5.32 Å². The van der Waals surface area contributed by atoms with Gasteiger partial charge in [-0.1, -0.05) is 34.5 Å². The number of nitrogens with one attached hydrogen (secondary N) is 1. The number of amides is 1. The Bertz CT molecular complexity index is 925. The molecule has 128 valence electrons. The van der Waals surface area contributed by atoms with Crippen LogP contribution >= 0.6 is 23.2 Å². The van der Waals surface area contributed by atoms with Crippen molar-refractivity contribution in [1.29, 1.82) is 0 Å². The Morgan fingerprint density at radius 3 is 2.60 bits per heavy atom. The van der Waals surface area contributed by atoms with Gasteiger partial charge in [0.1, 0.15) is 5.82 Å². The molecule has 0 radical (unpaired) electrons. The van der Waals surface area contributed by atoms with Gasteiger partial charge in [-0.05, 0) is 48.9 Å². The molecule has 3 aromatic rings. The minimum Gasteiger partial charge on any atom is -0.347 e. The predicted octanol–water partition coefficient (Wildman–Crippen LogP) is 3.95. The van der Waals surface area contributed by atoms with Crippen molar-refractivity contribution in [3.8, 4) is 5.69 Å². The molecule has 25 heavy (non-hydrogen) atoms. The fraction of sp³-hybridized carbons (Fsp3) is 0.118. The van der Waals surface area contributed by atoms with Crippen LogP contribution in [-0.2, 0) is 6.54 Å². The van der Waals surface area contributed by atoms with Crippen LogP contribution in [0, 0.1) is 12.7 Å². The van der Waals surface area contributed by atoms with E-state index in [4.69, 9.17) is 23.2 Å². The number of carbonyl (C=O) groups is 1. The molecular weight excluding hydrogens is 366 g/mol. The Morgan fingerprint density at radius 2 is 1.92 bits per heavy atom. The van der Waals surface area contributed by atoms with Gasteiger partial charge < -0.3 is 5.32 Å². The molecule has 0 spiro atoms. The SMILES string of the molecule is Cc1c(C(=O)NCc2ccc(F)c(Cl)c2)nnn1-c1ccc(Cl)cc1. The lowest BCUT2D eigenvalue weighted by Gasteiger charge is -2.06. The summed E-state index contributed by atoms with van der Waals surface area (Å²) in [4.78, 5) is 12.3. The number of carbonyl (C=O) groups excluding carboxylic acids is 1. The minimum absolute atomic E-state index is 0.0108. The van der Waals surface area contributed by atoms with Crippen LogP contribution in [0.4, 0.5) is 4.39 Å². The molecular formula is C17H13Cl2FN4O. The average molecular weight is 379 g/mol. The van der Waals surface area contributed by atoms with Crippen molar-refractivity contribution in [2.24, 2.45) is 0 Å². The van der Waals surface area contributed by atoms with E-state index in [1.165, 1.54) is 12.1 Å². The molecule has 1 N–H and O–H groups in total. The maximum Gasteiger partial charge on any atom is 0.274 e. The van der Waals surface area contributed by atoms with Crippen molar-refractivity contribution < 1.29 is 9.18 Å². The average Bonchev–Trinajstić information content (AvgIpc) is 2.98. The summed E-state index contributed by atoms with van der Waals surface area (Å²) in [5.74, 6) is -0.878. The lowest BCUT2D eigenvalue weighted by molar-refractivity contribution is 0.0945. The maximum absolute atomic E-state index is 13.2. The summed E-state index contributed by atoms with van der Waals surface area (Å²) in [7, 11) is 0. The highest BCUT2D eigenvalue weighted by Gasteiger charge is 2.17. The molecule has 0 fully saturated rings. The fourth-order valence-corrected chi connectivity index (χ4v) is 2.61. The zero-order valence-corrected chi connectivity index (χ0v) is 14.6. The highest BCUT2D eigenvalue weighted by atomic mass is 35.5. The largest absolute Gasteiger partial charge is 0.347 e. The van der Waals surface area contributed by atoms with E-state index in [0.29, 0.717) is 16.3 Å². The maximum atomic E-state index is 13.2. The van der Waals surface area contributed by atoms with Gasteiger partial charge in [0, 0.05) is 11.6 Å². The number of benzene rings is 2. The van der Waals surface area contributed by atoms with Gasteiger partial charge in [0.15, 0.2) is 5.69 Å². The number of hydrogen-bond donors (Lipinski definition) is 1. The van der Waals surface area contributed by atoms with Gasteiger partial charge in [0.2, 0.25) is 0 Å². The minimum atomic E-state index is -0.501. The first-order valence-corrected chi connectivity index (χ1v) is 8.11. The zero-order chi connectivity index (χ0) is 18.0. The van der Waals surface area contributed by atoms with Gasteiger partial charge in [0.05, 0.1) is 16.4 Å². The highest BCUT2D eigenvalue weighted by Crippen LogP contribution is 2.17. The van der Waals surface area contributed by atoms with Crippen LogP contribution in [0.1, 0.15) is 21.7 Å². The number of halogens is 3. The Kier molecular flexibility index (Phi) is 5.01. The van der Waals surface area contributed by atoms with Crippen LogP contribution in [0.5, 0.6) is 0 Å². The van der Waals surface area contributed by atoms with Gasteiger partial charge in [-0.15, -0.1) is 5.10 Å². The monoisotopic (exact) mass is 378 g/mol. The molecule has 0 bridgehead atoms. The van der Waals surface area contributed by atoms with E-state index >= 15 is 0 Å².